The van der Waals surface area contributed by atoms with Gasteiger partial charge >= 0.3 is 0 Å². The monoisotopic (exact) mass is 176 g/mol. The molecule has 1 saturated carbocycles. The van der Waals surface area contributed by atoms with Crippen LogP contribution in [0.25, 0.3) is 0 Å². The minimum Gasteiger partial charge on any atom is -0.393 e. The molecule has 0 saturated heterocycles. The van der Waals surface area contributed by atoms with Crippen LogP contribution in [0, 0.1) is 0 Å². The lowest BCUT2D eigenvalue weighted by Crippen LogP contribution is -2.11. The molecule has 0 spiro atoms. The molecule has 0 radical (unpaired) electrons. The molecule has 0 aromatic heterocycles. The Labute approximate surface area is 72.7 Å². The first-order valence-electron chi connectivity index (χ1n) is 4.68. The van der Waals surface area contributed by atoms with Gasteiger partial charge in [-0.15, -0.1) is 0 Å². The number of rotatable bonds is 5. The molecule has 1 aliphatic rings. The van der Waals surface area contributed by atoms with E-state index in [0.29, 0.717) is 13.0 Å². The van der Waals surface area contributed by atoms with Crippen LogP contribution >= 0.6 is 0 Å². The van der Waals surface area contributed by atoms with Crippen molar-refractivity contribution in [3.63, 3.8) is 0 Å². The summed E-state index contributed by atoms with van der Waals surface area (Å²) in [6.07, 6.45) is 4.01. The molecule has 0 aromatic rings. The molecule has 12 heavy (non-hydrogen) atoms. The summed E-state index contributed by atoms with van der Waals surface area (Å²) >= 11 is 0. The number of alkyl halides is 1. The fourth-order valence-electron chi connectivity index (χ4n) is 1.52. The molecule has 0 aromatic carbocycles. The summed E-state index contributed by atoms with van der Waals surface area (Å²) in [6, 6.07) is 0. The van der Waals surface area contributed by atoms with E-state index in [2.05, 4.69) is 0 Å². The van der Waals surface area contributed by atoms with E-state index in [1.54, 1.807) is 0 Å². The van der Waals surface area contributed by atoms with Crippen molar-refractivity contribution in [3.8, 4) is 0 Å². The van der Waals surface area contributed by atoms with E-state index in [1.807, 2.05) is 0 Å². The zero-order valence-electron chi connectivity index (χ0n) is 7.34. The largest absolute Gasteiger partial charge is 0.393 e. The van der Waals surface area contributed by atoms with Gasteiger partial charge in [0.1, 0.15) is 0 Å². The summed E-state index contributed by atoms with van der Waals surface area (Å²) in [5, 5.41) is 9.16. The predicted octanol–water partition coefficient (Wildman–Crippen LogP) is 1.67. The lowest BCUT2D eigenvalue weighted by Gasteiger charge is -2.10. The van der Waals surface area contributed by atoms with Crippen LogP contribution in [0.4, 0.5) is 4.39 Å². The van der Waals surface area contributed by atoms with Gasteiger partial charge in [-0.25, -0.2) is 0 Å². The molecule has 0 bridgehead atoms. The van der Waals surface area contributed by atoms with E-state index >= 15 is 0 Å². The fourth-order valence-corrected chi connectivity index (χ4v) is 1.52. The van der Waals surface area contributed by atoms with Gasteiger partial charge < -0.3 is 9.84 Å². The Morgan fingerprint density at radius 3 is 2.75 bits per heavy atom. The summed E-state index contributed by atoms with van der Waals surface area (Å²) in [4.78, 5) is 0. The van der Waals surface area contributed by atoms with Crippen LogP contribution in [-0.2, 0) is 4.74 Å². The number of hydrogen-bond donors (Lipinski definition) is 1. The van der Waals surface area contributed by atoms with Crippen LogP contribution in [0.5, 0.6) is 0 Å². The number of halogens is 1. The van der Waals surface area contributed by atoms with Crippen molar-refractivity contribution < 1.29 is 14.2 Å². The molecule has 1 aliphatic carbocycles. The first-order chi connectivity index (χ1) is 5.83. The number of ether oxygens (including phenoxy) is 1. The van der Waals surface area contributed by atoms with Gasteiger partial charge in [0.15, 0.2) is 0 Å². The van der Waals surface area contributed by atoms with E-state index in [0.717, 1.165) is 25.7 Å². The summed E-state index contributed by atoms with van der Waals surface area (Å²) < 4.78 is 17.1. The average Bonchev–Trinajstić information content (AvgIpc) is 2.45. The van der Waals surface area contributed by atoms with Crippen LogP contribution in [0.1, 0.15) is 32.1 Å². The van der Waals surface area contributed by atoms with Gasteiger partial charge in [0, 0.05) is 6.61 Å². The first-order valence-corrected chi connectivity index (χ1v) is 4.68. The van der Waals surface area contributed by atoms with Crippen molar-refractivity contribution in [3.05, 3.63) is 0 Å². The lowest BCUT2D eigenvalue weighted by atomic mass is 10.3. The van der Waals surface area contributed by atoms with Crippen LogP contribution < -0.4 is 0 Å². The highest BCUT2D eigenvalue weighted by atomic mass is 19.1. The maximum absolute atomic E-state index is 11.7. The summed E-state index contributed by atoms with van der Waals surface area (Å²) in [5.41, 5.74) is 0. The van der Waals surface area contributed by atoms with Gasteiger partial charge in [-0.1, -0.05) is 0 Å². The average molecular weight is 176 g/mol. The second-order valence-electron chi connectivity index (χ2n) is 3.36. The number of hydrogen-bond acceptors (Lipinski definition) is 2. The van der Waals surface area contributed by atoms with Crippen molar-refractivity contribution in [2.45, 2.75) is 44.3 Å². The molecular formula is C9H17FO2. The second-order valence-corrected chi connectivity index (χ2v) is 3.36. The SMILES string of the molecule is OC1CCC(OCCCCF)C1. The van der Waals surface area contributed by atoms with Crippen LogP contribution in [-0.4, -0.2) is 30.6 Å². The summed E-state index contributed by atoms with van der Waals surface area (Å²) in [7, 11) is 0. The highest BCUT2D eigenvalue weighted by molar-refractivity contribution is 4.74. The lowest BCUT2D eigenvalue weighted by molar-refractivity contribution is 0.0445. The minimum atomic E-state index is -0.253. The van der Waals surface area contributed by atoms with Crippen LogP contribution in [0.2, 0.25) is 0 Å². The molecule has 1 fully saturated rings. The zero-order chi connectivity index (χ0) is 8.81. The molecule has 2 atom stereocenters. The Kier molecular flexibility index (Phi) is 4.54. The van der Waals surface area contributed by atoms with Crippen molar-refractivity contribution in [1.82, 2.24) is 0 Å². The molecule has 1 N–H and O–H groups in total. The van der Waals surface area contributed by atoms with E-state index in [-0.39, 0.29) is 18.9 Å². The molecule has 0 heterocycles. The Bertz CT molecular complexity index is 119. The quantitative estimate of drug-likeness (QED) is 0.646. The molecular weight excluding hydrogens is 159 g/mol. The number of aliphatic hydroxyl groups excluding tert-OH is 1. The van der Waals surface area contributed by atoms with Gasteiger partial charge in [0.2, 0.25) is 0 Å². The van der Waals surface area contributed by atoms with Crippen LogP contribution in [0.15, 0.2) is 0 Å². The smallest absolute Gasteiger partial charge is 0.0895 e. The predicted molar refractivity (Wildman–Crippen MR) is 44.8 cm³/mol. The van der Waals surface area contributed by atoms with Crippen molar-refractivity contribution in [2.24, 2.45) is 0 Å². The van der Waals surface area contributed by atoms with Crippen LogP contribution in [0.3, 0.4) is 0 Å². The van der Waals surface area contributed by atoms with Crippen molar-refractivity contribution >= 4 is 0 Å². The number of unbranched alkanes of at least 4 members (excludes halogenated alkanes) is 1. The van der Waals surface area contributed by atoms with E-state index < -0.39 is 0 Å². The Balaban J connectivity index is 1.93. The van der Waals surface area contributed by atoms with Crippen molar-refractivity contribution in [1.29, 1.82) is 0 Å². The summed E-state index contributed by atoms with van der Waals surface area (Å²) in [5.74, 6) is 0. The maximum Gasteiger partial charge on any atom is 0.0895 e. The Morgan fingerprint density at radius 2 is 2.17 bits per heavy atom. The topological polar surface area (TPSA) is 29.5 Å². The molecule has 1 rings (SSSR count). The Morgan fingerprint density at radius 1 is 1.33 bits per heavy atom. The zero-order valence-corrected chi connectivity index (χ0v) is 7.34. The Hall–Kier alpha value is -0.150. The first kappa shape index (κ1) is 9.93. The molecule has 0 aliphatic heterocycles. The van der Waals surface area contributed by atoms with Gasteiger partial charge in [0.25, 0.3) is 0 Å². The highest BCUT2D eigenvalue weighted by Crippen LogP contribution is 2.21. The number of aliphatic hydroxyl groups is 1. The van der Waals surface area contributed by atoms with Crippen molar-refractivity contribution in [2.75, 3.05) is 13.3 Å². The standard InChI is InChI=1S/C9H17FO2/c10-5-1-2-6-12-9-4-3-8(11)7-9/h8-9,11H,1-7H2. The molecule has 72 valence electrons. The van der Waals surface area contributed by atoms with Gasteiger partial charge in [-0.3, -0.25) is 4.39 Å². The van der Waals surface area contributed by atoms with Gasteiger partial charge in [-0.05, 0) is 32.1 Å². The van der Waals surface area contributed by atoms with Gasteiger partial charge in [-0.2, -0.15) is 0 Å². The minimum absolute atomic E-state index is 0.170. The third-order valence-corrected chi connectivity index (χ3v) is 2.24. The van der Waals surface area contributed by atoms with E-state index in [1.165, 1.54) is 0 Å². The van der Waals surface area contributed by atoms with Gasteiger partial charge in [0.05, 0.1) is 18.9 Å². The summed E-state index contributed by atoms with van der Waals surface area (Å²) in [6.45, 7) is 0.387. The molecule has 2 nitrogen and oxygen atoms in total. The fraction of sp³-hybridized carbons (Fsp3) is 1.00. The second kappa shape index (κ2) is 5.49. The van der Waals surface area contributed by atoms with E-state index in [4.69, 9.17) is 9.84 Å². The normalized spacial score (nSPS) is 29.5. The third-order valence-electron chi connectivity index (χ3n) is 2.24. The molecule has 2 unspecified atom stereocenters. The highest BCUT2D eigenvalue weighted by Gasteiger charge is 2.22. The van der Waals surface area contributed by atoms with E-state index in [9.17, 15) is 4.39 Å². The maximum atomic E-state index is 11.7. The molecule has 3 heteroatoms. The third kappa shape index (κ3) is 3.50. The molecule has 0 amide bonds.